The Morgan fingerprint density at radius 2 is 1.68 bits per heavy atom. The van der Waals surface area contributed by atoms with Crippen LogP contribution in [-0.2, 0) is 9.47 Å². The fourth-order valence-electron chi connectivity index (χ4n) is 2.15. The van der Waals surface area contributed by atoms with Gasteiger partial charge in [-0.15, -0.1) is 0 Å². The minimum absolute atomic E-state index is 0.252. The molecule has 2 aromatic rings. The number of rotatable bonds is 2. The molecule has 1 aliphatic heterocycles. The van der Waals surface area contributed by atoms with E-state index in [4.69, 9.17) is 14.7 Å². The summed E-state index contributed by atoms with van der Waals surface area (Å²) in [6.07, 6.45) is -0.252. The summed E-state index contributed by atoms with van der Waals surface area (Å²) in [6.45, 7) is 1.29. The quantitative estimate of drug-likeness (QED) is 0.822. The average Bonchev–Trinajstić information content (AvgIpc) is 3.02. The molecule has 0 amide bonds. The first kappa shape index (κ1) is 11.9. The normalized spacial score (nSPS) is 15.3. The van der Waals surface area contributed by atoms with Crippen molar-refractivity contribution in [3.8, 4) is 17.2 Å². The zero-order valence-electron chi connectivity index (χ0n) is 10.4. The maximum atomic E-state index is 8.80. The van der Waals surface area contributed by atoms with Crippen LogP contribution in [0.25, 0.3) is 11.1 Å². The first-order chi connectivity index (χ1) is 9.36. The fraction of sp³-hybridized carbons (Fsp3) is 0.188. The summed E-state index contributed by atoms with van der Waals surface area (Å²) in [7, 11) is 0. The van der Waals surface area contributed by atoms with Crippen LogP contribution in [0.4, 0.5) is 0 Å². The van der Waals surface area contributed by atoms with E-state index in [1.165, 1.54) is 0 Å². The Hall–Kier alpha value is -2.15. The molecule has 94 valence electrons. The molecule has 0 spiro atoms. The third kappa shape index (κ3) is 2.50. The van der Waals surface area contributed by atoms with E-state index in [0.29, 0.717) is 18.8 Å². The highest BCUT2D eigenvalue weighted by atomic mass is 16.7. The van der Waals surface area contributed by atoms with Crippen LogP contribution in [-0.4, -0.2) is 13.2 Å². The van der Waals surface area contributed by atoms with E-state index in [-0.39, 0.29) is 6.29 Å². The average molecular weight is 251 g/mol. The smallest absolute Gasteiger partial charge is 0.184 e. The van der Waals surface area contributed by atoms with E-state index in [0.717, 1.165) is 16.7 Å². The Morgan fingerprint density at radius 3 is 2.37 bits per heavy atom. The second-order valence-electron chi connectivity index (χ2n) is 4.39. The molecule has 0 N–H and O–H groups in total. The van der Waals surface area contributed by atoms with Gasteiger partial charge in [0.2, 0.25) is 0 Å². The predicted octanol–water partition coefficient (Wildman–Crippen LogP) is 3.27. The largest absolute Gasteiger partial charge is 0.346 e. The summed E-state index contributed by atoms with van der Waals surface area (Å²) >= 11 is 0. The van der Waals surface area contributed by atoms with Crippen LogP contribution in [0.5, 0.6) is 0 Å². The van der Waals surface area contributed by atoms with E-state index in [9.17, 15) is 0 Å². The Kier molecular flexibility index (Phi) is 3.28. The molecule has 2 aromatic carbocycles. The molecule has 1 aliphatic rings. The number of hydrogen-bond donors (Lipinski definition) is 0. The van der Waals surface area contributed by atoms with Crippen molar-refractivity contribution in [3.63, 3.8) is 0 Å². The summed E-state index contributed by atoms with van der Waals surface area (Å²) in [5, 5.41) is 8.80. The molecule has 0 saturated carbocycles. The Balaban J connectivity index is 1.91. The number of ether oxygens (including phenoxy) is 2. The monoisotopic (exact) mass is 251 g/mol. The first-order valence-electron chi connectivity index (χ1n) is 6.20. The highest BCUT2D eigenvalue weighted by Gasteiger charge is 2.18. The predicted molar refractivity (Wildman–Crippen MR) is 71.2 cm³/mol. The minimum atomic E-state index is -0.252. The van der Waals surface area contributed by atoms with Crippen LogP contribution in [0, 0.1) is 11.3 Å². The molecular formula is C16H13NO2. The molecule has 3 rings (SSSR count). The van der Waals surface area contributed by atoms with Gasteiger partial charge >= 0.3 is 0 Å². The molecule has 1 saturated heterocycles. The van der Waals surface area contributed by atoms with Gasteiger partial charge in [-0.3, -0.25) is 0 Å². The zero-order chi connectivity index (χ0) is 13.1. The standard InChI is InChI=1S/C16H13NO2/c17-11-12-4-6-13(7-5-12)14-2-1-3-15(10-14)16-18-8-9-19-16/h1-7,10,16H,8-9H2. The van der Waals surface area contributed by atoms with E-state index in [1.807, 2.05) is 42.5 Å². The molecule has 3 heteroatoms. The molecule has 19 heavy (non-hydrogen) atoms. The second-order valence-corrected chi connectivity index (χ2v) is 4.39. The molecule has 1 heterocycles. The summed E-state index contributed by atoms with van der Waals surface area (Å²) < 4.78 is 11.0. The topological polar surface area (TPSA) is 42.2 Å². The molecule has 0 aromatic heterocycles. The number of hydrogen-bond acceptors (Lipinski definition) is 3. The fourth-order valence-corrected chi connectivity index (χ4v) is 2.15. The first-order valence-corrected chi connectivity index (χ1v) is 6.20. The lowest BCUT2D eigenvalue weighted by molar-refractivity contribution is -0.0440. The lowest BCUT2D eigenvalue weighted by Gasteiger charge is -2.11. The molecule has 0 radical (unpaired) electrons. The van der Waals surface area contributed by atoms with Gasteiger partial charge in [-0.2, -0.15) is 5.26 Å². The van der Waals surface area contributed by atoms with Gasteiger partial charge in [-0.1, -0.05) is 30.3 Å². The second kappa shape index (κ2) is 5.23. The molecule has 0 unspecified atom stereocenters. The van der Waals surface area contributed by atoms with Crippen LogP contribution >= 0.6 is 0 Å². The third-order valence-corrected chi connectivity index (χ3v) is 3.13. The van der Waals surface area contributed by atoms with Crippen molar-refractivity contribution in [2.24, 2.45) is 0 Å². The maximum absolute atomic E-state index is 8.80. The van der Waals surface area contributed by atoms with Gasteiger partial charge in [-0.25, -0.2) is 0 Å². The molecular weight excluding hydrogens is 238 g/mol. The van der Waals surface area contributed by atoms with Crippen molar-refractivity contribution in [2.75, 3.05) is 13.2 Å². The molecule has 3 nitrogen and oxygen atoms in total. The maximum Gasteiger partial charge on any atom is 0.184 e. The minimum Gasteiger partial charge on any atom is -0.346 e. The van der Waals surface area contributed by atoms with Gasteiger partial charge in [-0.05, 0) is 29.3 Å². The summed E-state index contributed by atoms with van der Waals surface area (Å²) in [5.74, 6) is 0. The van der Waals surface area contributed by atoms with Crippen molar-refractivity contribution < 1.29 is 9.47 Å². The van der Waals surface area contributed by atoms with Crippen molar-refractivity contribution in [1.29, 1.82) is 5.26 Å². The van der Waals surface area contributed by atoms with Gasteiger partial charge in [0, 0.05) is 5.56 Å². The highest BCUT2D eigenvalue weighted by molar-refractivity contribution is 5.65. The van der Waals surface area contributed by atoms with Gasteiger partial charge in [0.1, 0.15) is 0 Å². The highest BCUT2D eigenvalue weighted by Crippen LogP contribution is 2.27. The molecule has 0 aliphatic carbocycles. The van der Waals surface area contributed by atoms with Crippen LogP contribution in [0.3, 0.4) is 0 Å². The molecule has 1 fully saturated rings. The van der Waals surface area contributed by atoms with Gasteiger partial charge in [0.25, 0.3) is 0 Å². The van der Waals surface area contributed by atoms with Gasteiger partial charge < -0.3 is 9.47 Å². The molecule has 0 atom stereocenters. The van der Waals surface area contributed by atoms with Crippen molar-refractivity contribution >= 4 is 0 Å². The number of nitrogens with zero attached hydrogens (tertiary/aromatic N) is 1. The summed E-state index contributed by atoms with van der Waals surface area (Å²) in [4.78, 5) is 0. The summed E-state index contributed by atoms with van der Waals surface area (Å²) in [5.41, 5.74) is 3.88. The lowest BCUT2D eigenvalue weighted by atomic mass is 10.0. The SMILES string of the molecule is N#Cc1ccc(-c2cccc(C3OCCO3)c2)cc1. The third-order valence-electron chi connectivity index (χ3n) is 3.13. The van der Waals surface area contributed by atoms with E-state index >= 15 is 0 Å². The summed E-state index contributed by atoms with van der Waals surface area (Å²) in [6, 6.07) is 17.8. The van der Waals surface area contributed by atoms with Gasteiger partial charge in [0.05, 0.1) is 24.8 Å². The Labute approximate surface area is 112 Å². The Bertz CT molecular complexity index is 607. The van der Waals surface area contributed by atoms with E-state index < -0.39 is 0 Å². The molecule has 0 bridgehead atoms. The van der Waals surface area contributed by atoms with Crippen LogP contribution in [0.2, 0.25) is 0 Å². The zero-order valence-corrected chi connectivity index (χ0v) is 10.4. The van der Waals surface area contributed by atoms with Crippen LogP contribution in [0.15, 0.2) is 48.5 Å². The van der Waals surface area contributed by atoms with Crippen LogP contribution in [0.1, 0.15) is 17.4 Å². The van der Waals surface area contributed by atoms with Crippen molar-refractivity contribution in [3.05, 3.63) is 59.7 Å². The van der Waals surface area contributed by atoms with E-state index in [2.05, 4.69) is 12.1 Å². The Morgan fingerprint density at radius 1 is 0.947 bits per heavy atom. The van der Waals surface area contributed by atoms with Crippen molar-refractivity contribution in [2.45, 2.75) is 6.29 Å². The van der Waals surface area contributed by atoms with Crippen molar-refractivity contribution in [1.82, 2.24) is 0 Å². The number of nitriles is 1. The van der Waals surface area contributed by atoms with Gasteiger partial charge in [0.15, 0.2) is 6.29 Å². The van der Waals surface area contributed by atoms with E-state index in [1.54, 1.807) is 0 Å². The number of benzene rings is 2. The van der Waals surface area contributed by atoms with Crippen LogP contribution < -0.4 is 0 Å². The lowest BCUT2D eigenvalue weighted by Crippen LogP contribution is -1.97.